The van der Waals surface area contributed by atoms with Crippen LogP contribution in [0.25, 0.3) is 10.2 Å². The average Bonchev–Trinajstić information content (AvgIpc) is 3.02. The minimum Gasteiger partial charge on any atom is -0.464 e. The minimum atomic E-state index is -0.578. The van der Waals surface area contributed by atoms with Crippen LogP contribution in [0.3, 0.4) is 0 Å². The normalized spacial score (nSPS) is 10.5. The smallest absolute Gasteiger partial charge is 0.356 e. The van der Waals surface area contributed by atoms with Crippen molar-refractivity contribution in [3.05, 3.63) is 58.9 Å². The molecule has 1 N–H and O–H groups in total. The number of methoxy groups -OCH3 is 1. The van der Waals surface area contributed by atoms with Crippen molar-refractivity contribution in [2.24, 2.45) is 0 Å². The van der Waals surface area contributed by atoms with Gasteiger partial charge in [-0.15, -0.1) is 11.3 Å². The number of thiazole rings is 1. The molecular weight excluding hydrogens is 314 g/mol. The summed E-state index contributed by atoms with van der Waals surface area (Å²) in [4.78, 5) is 32.0. The van der Waals surface area contributed by atoms with Crippen LogP contribution in [0, 0.1) is 0 Å². The highest BCUT2D eigenvalue weighted by molar-refractivity contribution is 7.18. The van der Waals surface area contributed by atoms with Crippen LogP contribution >= 0.6 is 11.3 Å². The van der Waals surface area contributed by atoms with Crippen LogP contribution in [0.15, 0.2) is 42.5 Å². The molecule has 3 aromatic rings. The quantitative estimate of drug-likeness (QED) is 0.744. The molecule has 0 spiro atoms. The molecule has 23 heavy (non-hydrogen) atoms. The van der Waals surface area contributed by atoms with E-state index in [9.17, 15) is 9.59 Å². The molecular formula is C16H13N3O3S. The Morgan fingerprint density at radius 2 is 1.87 bits per heavy atom. The first-order valence-electron chi connectivity index (χ1n) is 6.85. The summed E-state index contributed by atoms with van der Waals surface area (Å²) in [5.74, 6) is -0.944. The second kappa shape index (κ2) is 6.53. The third kappa shape index (κ3) is 3.35. The van der Waals surface area contributed by atoms with Crippen molar-refractivity contribution in [1.82, 2.24) is 15.3 Å². The topological polar surface area (TPSA) is 81.2 Å². The average molecular weight is 327 g/mol. The summed E-state index contributed by atoms with van der Waals surface area (Å²) >= 11 is 1.53. The number of ether oxygens (including phenoxy) is 1. The van der Waals surface area contributed by atoms with Crippen molar-refractivity contribution in [1.29, 1.82) is 0 Å². The number of esters is 1. The first-order chi connectivity index (χ1) is 11.2. The van der Waals surface area contributed by atoms with Crippen LogP contribution in [0.5, 0.6) is 0 Å². The van der Waals surface area contributed by atoms with E-state index in [2.05, 4.69) is 20.0 Å². The molecule has 0 saturated heterocycles. The number of rotatable bonds is 4. The number of carbonyl (C=O) groups is 2. The van der Waals surface area contributed by atoms with Gasteiger partial charge >= 0.3 is 5.97 Å². The Balaban J connectivity index is 1.70. The summed E-state index contributed by atoms with van der Waals surface area (Å²) in [6, 6.07) is 12.4. The summed E-state index contributed by atoms with van der Waals surface area (Å²) < 4.78 is 5.66. The van der Waals surface area contributed by atoms with Gasteiger partial charge in [0.1, 0.15) is 16.4 Å². The van der Waals surface area contributed by atoms with Crippen LogP contribution in [0.2, 0.25) is 0 Å². The first-order valence-corrected chi connectivity index (χ1v) is 7.67. The summed E-state index contributed by atoms with van der Waals surface area (Å²) in [5.41, 5.74) is 1.17. The number of amides is 1. The molecule has 1 aromatic carbocycles. The highest BCUT2D eigenvalue weighted by Gasteiger charge is 2.13. The van der Waals surface area contributed by atoms with Crippen molar-refractivity contribution in [3.8, 4) is 0 Å². The molecule has 7 heteroatoms. The lowest BCUT2D eigenvalue weighted by molar-refractivity contribution is 0.0594. The van der Waals surface area contributed by atoms with E-state index in [-0.39, 0.29) is 17.3 Å². The summed E-state index contributed by atoms with van der Waals surface area (Å²) in [5, 5.41) is 3.56. The highest BCUT2D eigenvalue weighted by atomic mass is 32.1. The maximum atomic E-state index is 12.1. The van der Waals surface area contributed by atoms with E-state index in [1.54, 1.807) is 12.1 Å². The van der Waals surface area contributed by atoms with Gasteiger partial charge in [-0.3, -0.25) is 4.79 Å². The molecule has 0 saturated carbocycles. The van der Waals surface area contributed by atoms with Gasteiger partial charge in [-0.05, 0) is 24.3 Å². The van der Waals surface area contributed by atoms with Gasteiger partial charge in [0, 0.05) is 0 Å². The van der Waals surface area contributed by atoms with E-state index in [0.29, 0.717) is 6.54 Å². The predicted octanol–water partition coefficient (Wildman–Crippen LogP) is 2.41. The number of hydrogen-bond donors (Lipinski definition) is 1. The van der Waals surface area contributed by atoms with Crippen molar-refractivity contribution in [2.45, 2.75) is 6.54 Å². The Morgan fingerprint density at radius 3 is 2.65 bits per heavy atom. The van der Waals surface area contributed by atoms with Gasteiger partial charge in [-0.2, -0.15) is 0 Å². The van der Waals surface area contributed by atoms with Crippen molar-refractivity contribution in [3.63, 3.8) is 0 Å². The second-order valence-corrected chi connectivity index (χ2v) is 5.77. The van der Waals surface area contributed by atoms with E-state index in [1.165, 1.54) is 24.5 Å². The zero-order chi connectivity index (χ0) is 16.2. The summed E-state index contributed by atoms with van der Waals surface area (Å²) in [6.07, 6.45) is 0. The van der Waals surface area contributed by atoms with E-state index in [4.69, 9.17) is 0 Å². The van der Waals surface area contributed by atoms with E-state index >= 15 is 0 Å². The van der Waals surface area contributed by atoms with Crippen molar-refractivity contribution < 1.29 is 14.3 Å². The summed E-state index contributed by atoms with van der Waals surface area (Å²) in [7, 11) is 1.27. The molecule has 6 nitrogen and oxygen atoms in total. The number of benzene rings is 1. The van der Waals surface area contributed by atoms with Gasteiger partial charge in [0.05, 0.1) is 23.9 Å². The van der Waals surface area contributed by atoms with Gasteiger partial charge in [0.2, 0.25) is 0 Å². The molecule has 0 aliphatic heterocycles. The maximum Gasteiger partial charge on any atom is 0.356 e. The largest absolute Gasteiger partial charge is 0.464 e. The number of carbonyl (C=O) groups excluding carboxylic acids is 2. The Hall–Kier alpha value is -2.80. The summed E-state index contributed by atoms with van der Waals surface area (Å²) in [6.45, 7) is 0.308. The molecule has 0 radical (unpaired) electrons. The van der Waals surface area contributed by atoms with Crippen LogP contribution in [-0.4, -0.2) is 29.0 Å². The van der Waals surface area contributed by atoms with Crippen molar-refractivity contribution >= 4 is 33.4 Å². The molecule has 0 fully saturated rings. The fraction of sp³-hybridized carbons (Fsp3) is 0.125. The lowest BCUT2D eigenvalue weighted by Crippen LogP contribution is -2.24. The molecule has 3 rings (SSSR count). The highest BCUT2D eigenvalue weighted by Crippen LogP contribution is 2.21. The zero-order valence-corrected chi connectivity index (χ0v) is 13.1. The molecule has 0 aliphatic carbocycles. The number of hydrogen-bond acceptors (Lipinski definition) is 6. The Kier molecular flexibility index (Phi) is 4.29. The van der Waals surface area contributed by atoms with Gasteiger partial charge in [-0.1, -0.05) is 18.2 Å². The number of fused-ring (bicyclic) bond motifs is 1. The number of pyridine rings is 1. The number of nitrogens with one attached hydrogen (secondary N) is 1. The zero-order valence-electron chi connectivity index (χ0n) is 12.3. The van der Waals surface area contributed by atoms with Crippen LogP contribution in [-0.2, 0) is 11.3 Å². The molecule has 1 amide bonds. The number of nitrogens with zero attached hydrogens (tertiary/aromatic N) is 2. The van der Waals surface area contributed by atoms with E-state index in [0.717, 1.165) is 15.2 Å². The fourth-order valence-electron chi connectivity index (χ4n) is 2.02. The van der Waals surface area contributed by atoms with Gasteiger partial charge < -0.3 is 10.1 Å². The monoisotopic (exact) mass is 327 g/mol. The molecule has 0 unspecified atom stereocenters. The predicted molar refractivity (Wildman–Crippen MR) is 86.4 cm³/mol. The SMILES string of the molecule is COC(=O)c1cccc(C(=O)NCc2nc3ccccc3s2)n1. The number of para-hydroxylation sites is 1. The third-order valence-electron chi connectivity index (χ3n) is 3.11. The number of aromatic nitrogens is 2. The molecule has 116 valence electrons. The fourth-order valence-corrected chi connectivity index (χ4v) is 2.93. The first kappa shape index (κ1) is 15.1. The minimum absolute atomic E-state index is 0.0973. The Labute approximate surface area is 136 Å². The lowest BCUT2D eigenvalue weighted by Gasteiger charge is -2.04. The van der Waals surface area contributed by atoms with Crippen molar-refractivity contribution in [2.75, 3.05) is 7.11 Å². The molecule has 0 bridgehead atoms. The Morgan fingerprint density at radius 1 is 1.09 bits per heavy atom. The third-order valence-corrected chi connectivity index (χ3v) is 4.15. The van der Waals surface area contributed by atoms with Crippen LogP contribution < -0.4 is 5.32 Å². The lowest BCUT2D eigenvalue weighted by atomic mass is 10.3. The van der Waals surface area contributed by atoms with E-state index in [1.807, 2.05) is 24.3 Å². The van der Waals surface area contributed by atoms with Gasteiger partial charge in [0.25, 0.3) is 5.91 Å². The molecule has 0 atom stereocenters. The maximum absolute atomic E-state index is 12.1. The van der Waals surface area contributed by atoms with E-state index < -0.39 is 5.97 Å². The standard InChI is InChI=1S/C16H13N3O3S/c1-22-16(21)12-7-4-6-11(18-12)15(20)17-9-14-19-10-5-2-3-8-13(10)23-14/h2-8H,9H2,1H3,(H,17,20). The van der Waals surface area contributed by atoms with Crippen LogP contribution in [0.1, 0.15) is 26.0 Å². The van der Waals surface area contributed by atoms with Gasteiger partial charge in [0.15, 0.2) is 0 Å². The molecule has 2 aromatic heterocycles. The van der Waals surface area contributed by atoms with Crippen LogP contribution in [0.4, 0.5) is 0 Å². The second-order valence-electron chi connectivity index (χ2n) is 4.66. The molecule has 0 aliphatic rings. The molecule has 2 heterocycles. The van der Waals surface area contributed by atoms with Gasteiger partial charge in [-0.25, -0.2) is 14.8 Å². The Bertz CT molecular complexity index is 843.